The summed E-state index contributed by atoms with van der Waals surface area (Å²) in [5.41, 5.74) is 4.12. The van der Waals surface area contributed by atoms with Crippen molar-refractivity contribution in [1.29, 1.82) is 0 Å². The van der Waals surface area contributed by atoms with Gasteiger partial charge in [-0.25, -0.2) is 9.78 Å². The molecule has 3 amide bonds. The molecule has 7 heteroatoms. The molecular formula is C32H37ClN4O2. The van der Waals surface area contributed by atoms with Gasteiger partial charge < -0.3 is 10.2 Å². The quantitative estimate of drug-likeness (QED) is 0.322. The fourth-order valence-corrected chi connectivity index (χ4v) is 6.01. The summed E-state index contributed by atoms with van der Waals surface area (Å²) >= 11 is 5.93. The highest BCUT2D eigenvalue weighted by Crippen LogP contribution is 2.38. The van der Waals surface area contributed by atoms with Crippen LogP contribution in [0.15, 0.2) is 72.9 Å². The van der Waals surface area contributed by atoms with Gasteiger partial charge in [0.05, 0.1) is 12.6 Å². The number of para-hydroxylation sites is 1. The zero-order valence-corrected chi connectivity index (χ0v) is 23.3. The largest absolute Gasteiger partial charge is 0.349 e. The fraction of sp³-hybridized carbons (Fsp3) is 0.406. The molecule has 5 rings (SSSR count). The first-order valence-electron chi connectivity index (χ1n) is 14.1. The van der Waals surface area contributed by atoms with Crippen LogP contribution in [0.25, 0.3) is 0 Å². The molecule has 2 heterocycles. The molecule has 1 unspecified atom stereocenters. The van der Waals surface area contributed by atoms with Gasteiger partial charge in [0.25, 0.3) is 0 Å². The van der Waals surface area contributed by atoms with Crippen molar-refractivity contribution in [2.24, 2.45) is 5.92 Å². The highest BCUT2D eigenvalue weighted by Gasteiger charge is 2.33. The molecule has 2 fully saturated rings. The molecule has 1 N–H and O–H groups in total. The average Bonchev–Trinajstić information content (AvgIpc) is 3.52. The zero-order chi connectivity index (χ0) is 27.2. The lowest BCUT2D eigenvalue weighted by atomic mass is 9.74. The SMILES string of the molecule is CC(NC(=O)[C@H]1CCCC[C@@H]1c1ccc(CN(C(=O)N2CCCC2)c2ccccc2)cc1)c1ccc(Cl)nc1. The molecular weight excluding hydrogens is 508 g/mol. The topological polar surface area (TPSA) is 65.5 Å². The number of nitrogens with zero attached hydrogens (tertiary/aromatic N) is 3. The zero-order valence-electron chi connectivity index (χ0n) is 22.6. The van der Waals surface area contributed by atoms with E-state index in [1.165, 1.54) is 5.56 Å². The number of likely N-dealkylation sites (tertiary alicyclic amines) is 1. The molecule has 2 aliphatic rings. The Bertz CT molecular complexity index is 1240. The molecule has 3 aromatic rings. The lowest BCUT2D eigenvalue weighted by molar-refractivity contribution is -0.127. The van der Waals surface area contributed by atoms with Gasteiger partial charge >= 0.3 is 6.03 Å². The molecule has 39 heavy (non-hydrogen) atoms. The van der Waals surface area contributed by atoms with Crippen molar-refractivity contribution in [3.63, 3.8) is 0 Å². The van der Waals surface area contributed by atoms with Crippen LogP contribution in [0.1, 0.15) is 74.1 Å². The Balaban J connectivity index is 1.29. The Morgan fingerprint density at radius 2 is 1.69 bits per heavy atom. The number of carbonyl (C=O) groups excluding carboxylic acids is 2. The van der Waals surface area contributed by atoms with Crippen LogP contribution in [0.4, 0.5) is 10.5 Å². The molecule has 6 nitrogen and oxygen atoms in total. The van der Waals surface area contributed by atoms with Gasteiger partial charge in [-0.1, -0.05) is 73.0 Å². The number of urea groups is 1. The van der Waals surface area contributed by atoms with Gasteiger partial charge in [-0.15, -0.1) is 0 Å². The maximum Gasteiger partial charge on any atom is 0.324 e. The maximum atomic E-state index is 13.4. The summed E-state index contributed by atoms with van der Waals surface area (Å²) < 4.78 is 0. The molecule has 1 saturated carbocycles. The Kier molecular flexibility index (Phi) is 8.82. The Hall–Kier alpha value is -3.38. The standard InChI is InChI=1S/C32H37ClN4O2/c1-23(26-17-18-30(33)34-21-26)35-31(38)29-12-6-5-11-28(29)25-15-13-24(14-16-25)22-37(27-9-3-2-4-10-27)32(39)36-19-7-8-20-36/h2-4,9-10,13-18,21,23,28-29H,5-8,11-12,19-20,22H2,1H3,(H,35,38)/t23?,28-,29+/m1/s1. The maximum absolute atomic E-state index is 13.4. The highest BCUT2D eigenvalue weighted by molar-refractivity contribution is 6.29. The predicted molar refractivity (Wildman–Crippen MR) is 156 cm³/mol. The number of halogens is 1. The van der Waals surface area contributed by atoms with E-state index in [9.17, 15) is 9.59 Å². The number of rotatable bonds is 7. The van der Waals surface area contributed by atoms with Gasteiger partial charge in [-0.2, -0.15) is 0 Å². The molecule has 204 valence electrons. The second-order valence-electron chi connectivity index (χ2n) is 10.8. The van der Waals surface area contributed by atoms with Crippen molar-refractivity contribution in [1.82, 2.24) is 15.2 Å². The number of anilines is 1. The van der Waals surface area contributed by atoms with Crippen LogP contribution in [-0.4, -0.2) is 34.9 Å². The van der Waals surface area contributed by atoms with Crippen LogP contribution in [-0.2, 0) is 11.3 Å². The lowest BCUT2D eigenvalue weighted by Gasteiger charge is -2.32. The molecule has 2 aromatic carbocycles. The van der Waals surface area contributed by atoms with Crippen molar-refractivity contribution >= 4 is 29.2 Å². The molecule has 1 aliphatic carbocycles. The van der Waals surface area contributed by atoms with Crippen LogP contribution >= 0.6 is 11.6 Å². The van der Waals surface area contributed by atoms with E-state index in [0.717, 1.165) is 68.4 Å². The van der Waals surface area contributed by atoms with Crippen molar-refractivity contribution in [3.05, 3.63) is 94.8 Å². The van der Waals surface area contributed by atoms with Crippen molar-refractivity contribution in [2.75, 3.05) is 18.0 Å². The summed E-state index contributed by atoms with van der Waals surface area (Å²) in [6.07, 6.45) is 7.92. The number of pyridine rings is 1. The first-order chi connectivity index (χ1) is 19.0. The monoisotopic (exact) mass is 544 g/mol. The van der Waals surface area contributed by atoms with E-state index in [-0.39, 0.29) is 29.8 Å². The summed E-state index contributed by atoms with van der Waals surface area (Å²) in [5.74, 6) is 0.211. The number of amides is 3. The third-order valence-electron chi connectivity index (χ3n) is 8.14. The molecule has 0 radical (unpaired) electrons. The van der Waals surface area contributed by atoms with Gasteiger partial charge in [0.15, 0.2) is 0 Å². The third-order valence-corrected chi connectivity index (χ3v) is 8.36. The number of benzene rings is 2. The normalized spacial score (nSPS) is 19.9. The highest BCUT2D eigenvalue weighted by atomic mass is 35.5. The molecule has 3 atom stereocenters. The van der Waals surface area contributed by atoms with E-state index in [4.69, 9.17) is 11.6 Å². The van der Waals surface area contributed by atoms with Gasteiger partial charge in [-0.05, 0) is 73.4 Å². The van der Waals surface area contributed by atoms with E-state index in [2.05, 4.69) is 34.6 Å². The second kappa shape index (κ2) is 12.6. The number of aromatic nitrogens is 1. The van der Waals surface area contributed by atoms with Crippen LogP contribution in [0.5, 0.6) is 0 Å². The first-order valence-corrected chi connectivity index (χ1v) is 14.5. The van der Waals surface area contributed by atoms with E-state index in [1.807, 2.05) is 53.1 Å². The number of nitrogens with one attached hydrogen (secondary N) is 1. The summed E-state index contributed by atoms with van der Waals surface area (Å²) in [6, 6.07) is 22.0. The number of carbonyl (C=O) groups is 2. The summed E-state index contributed by atoms with van der Waals surface area (Å²) in [4.78, 5) is 34.8. The van der Waals surface area contributed by atoms with Crippen LogP contribution < -0.4 is 10.2 Å². The van der Waals surface area contributed by atoms with Gasteiger partial charge in [-0.3, -0.25) is 9.69 Å². The molecule has 1 aromatic heterocycles. The molecule has 1 aliphatic heterocycles. The minimum atomic E-state index is -0.135. The lowest BCUT2D eigenvalue weighted by Crippen LogP contribution is -2.41. The Morgan fingerprint density at radius 3 is 2.38 bits per heavy atom. The van der Waals surface area contributed by atoms with E-state index in [1.54, 1.807) is 12.3 Å². The van der Waals surface area contributed by atoms with Gasteiger partial charge in [0, 0.05) is 30.9 Å². The summed E-state index contributed by atoms with van der Waals surface area (Å²) in [6.45, 7) is 4.14. The Morgan fingerprint density at radius 1 is 0.974 bits per heavy atom. The third kappa shape index (κ3) is 6.62. The van der Waals surface area contributed by atoms with Crippen molar-refractivity contribution in [2.45, 2.75) is 64.0 Å². The van der Waals surface area contributed by atoms with Crippen LogP contribution in [0, 0.1) is 5.92 Å². The fourth-order valence-electron chi connectivity index (χ4n) is 5.90. The summed E-state index contributed by atoms with van der Waals surface area (Å²) in [7, 11) is 0. The Labute approximate surface area is 236 Å². The molecule has 1 saturated heterocycles. The van der Waals surface area contributed by atoms with Gasteiger partial charge in [0.1, 0.15) is 5.15 Å². The predicted octanol–water partition coefficient (Wildman–Crippen LogP) is 7.11. The van der Waals surface area contributed by atoms with E-state index >= 15 is 0 Å². The summed E-state index contributed by atoms with van der Waals surface area (Å²) in [5, 5.41) is 3.65. The van der Waals surface area contributed by atoms with Crippen molar-refractivity contribution < 1.29 is 9.59 Å². The van der Waals surface area contributed by atoms with E-state index in [0.29, 0.717) is 11.7 Å². The van der Waals surface area contributed by atoms with Gasteiger partial charge in [0.2, 0.25) is 5.91 Å². The number of hydrogen-bond donors (Lipinski definition) is 1. The molecule has 0 bridgehead atoms. The molecule has 0 spiro atoms. The van der Waals surface area contributed by atoms with E-state index < -0.39 is 0 Å². The average molecular weight is 545 g/mol. The van der Waals surface area contributed by atoms with Crippen LogP contribution in [0.3, 0.4) is 0 Å². The number of hydrogen-bond acceptors (Lipinski definition) is 3. The minimum Gasteiger partial charge on any atom is -0.349 e. The van der Waals surface area contributed by atoms with Crippen molar-refractivity contribution in [3.8, 4) is 0 Å². The minimum absolute atomic E-state index is 0.0649. The smallest absolute Gasteiger partial charge is 0.324 e. The van der Waals surface area contributed by atoms with Crippen LogP contribution in [0.2, 0.25) is 5.15 Å². The first kappa shape index (κ1) is 27.2. The second-order valence-corrected chi connectivity index (χ2v) is 11.2.